The first-order chi connectivity index (χ1) is 9.61. The highest BCUT2D eigenvalue weighted by molar-refractivity contribution is 4.87. The van der Waals surface area contributed by atoms with Crippen LogP contribution in [0.5, 0.6) is 0 Å². The molecule has 2 saturated carbocycles. The number of rotatable bonds is 5. The van der Waals surface area contributed by atoms with Crippen molar-refractivity contribution in [2.75, 3.05) is 13.6 Å². The van der Waals surface area contributed by atoms with Crippen LogP contribution in [0.15, 0.2) is 0 Å². The highest BCUT2D eigenvalue weighted by atomic mass is 15.2. The van der Waals surface area contributed by atoms with Crippen LogP contribution in [-0.4, -0.2) is 36.6 Å². The predicted molar refractivity (Wildman–Crippen MR) is 88.1 cm³/mol. The monoisotopic (exact) mass is 280 g/mol. The van der Waals surface area contributed by atoms with Crippen molar-refractivity contribution in [2.24, 2.45) is 11.8 Å². The molecule has 3 unspecified atom stereocenters. The van der Waals surface area contributed by atoms with Crippen LogP contribution in [0.25, 0.3) is 0 Å². The van der Waals surface area contributed by atoms with Crippen molar-refractivity contribution in [3.05, 3.63) is 0 Å². The lowest BCUT2D eigenvalue weighted by atomic mass is 9.77. The zero-order chi connectivity index (χ0) is 14.5. The van der Waals surface area contributed by atoms with Crippen LogP contribution in [0.2, 0.25) is 0 Å². The Labute approximate surface area is 126 Å². The number of nitrogens with zero attached hydrogens (tertiary/aromatic N) is 1. The van der Waals surface area contributed by atoms with Crippen molar-refractivity contribution in [2.45, 2.75) is 90.3 Å². The summed E-state index contributed by atoms with van der Waals surface area (Å²) in [6.45, 7) is 8.35. The van der Waals surface area contributed by atoms with Gasteiger partial charge in [-0.3, -0.25) is 0 Å². The first-order valence-corrected chi connectivity index (χ1v) is 9.07. The minimum absolute atomic E-state index is 0.796. The SMILES string of the molecule is CCCNC1CCC(N(C)C2CCC(C)C(C)C2)CC1. The fourth-order valence-corrected chi connectivity index (χ4v) is 4.22. The topological polar surface area (TPSA) is 15.3 Å². The summed E-state index contributed by atoms with van der Waals surface area (Å²) in [5, 5.41) is 3.70. The molecule has 0 aromatic heterocycles. The Bertz CT molecular complexity index is 271. The minimum Gasteiger partial charge on any atom is -0.314 e. The van der Waals surface area contributed by atoms with Crippen LogP contribution in [0.4, 0.5) is 0 Å². The van der Waals surface area contributed by atoms with Crippen molar-refractivity contribution in [1.29, 1.82) is 0 Å². The van der Waals surface area contributed by atoms with E-state index in [1.807, 2.05) is 0 Å². The van der Waals surface area contributed by atoms with Crippen molar-refractivity contribution in [3.63, 3.8) is 0 Å². The summed E-state index contributed by atoms with van der Waals surface area (Å²) in [7, 11) is 2.40. The van der Waals surface area contributed by atoms with Crippen molar-refractivity contribution < 1.29 is 0 Å². The van der Waals surface area contributed by atoms with E-state index in [0.717, 1.165) is 30.0 Å². The molecule has 0 aliphatic heterocycles. The largest absolute Gasteiger partial charge is 0.314 e. The van der Waals surface area contributed by atoms with Gasteiger partial charge in [-0.2, -0.15) is 0 Å². The summed E-state index contributed by atoms with van der Waals surface area (Å²) in [4.78, 5) is 2.75. The molecule has 0 bridgehead atoms. The Morgan fingerprint density at radius 3 is 2.15 bits per heavy atom. The lowest BCUT2D eigenvalue weighted by molar-refractivity contribution is 0.0736. The van der Waals surface area contributed by atoms with Gasteiger partial charge in [0.05, 0.1) is 0 Å². The van der Waals surface area contributed by atoms with E-state index < -0.39 is 0 Å². The van der Waals surface area contributed by atoms with Gasteiger partial charge in [-0.25, -0.2) is 0 Å². The van der Waals surface area contributed by atoms with Crippen molar-refractivity contribution >= 4 is 0 Å². The van der Waals surface area contributed by atoms with Crippen LogP contribution in [0.3, 0.4) is 0 Å². The molecule has 0 heterocycles. The van der Waals surface area contributed by atoms with Crippen LogP contribution in [-0.2, 0) is 0 Å². The number of hydrogen-bond acceptors (Lipinski definition) is 2. The zero-order valence-corrected chi connectivity index (χ0v) is 14.2. The van der Waals surface area contributed by atoms with Gasteiger partial charge in [0.25, 0.3) is 0 Å². The molecule has 0 radical (unpaired) electrons. The third kappa shape index (κ3) is 4.21. The van der Waals surface area contributed by atoms with E-state index in [2.05, 4.69) is 38.0 Å². The standard InChI is InChI=1S/C18H36N2/c1-5-12-19-16-7-10-17(11-8-16)20(4)18-9-6-14(2)15(3)13-18/h14-19H,5-13H2,1-4H3. The van der Waals surface area contributed by atoms with Gasteiger partial charge >= 0.3 is 0 Å². The first kappa shape index (κ1) is 16.3. The molecular weight excluding hydrogens is 244 g/mol. The van der Waals surface area contributed by atoms with Crippen LogP contribution >= 0.6 is 0 Å². The van der Waals surface area contributed by atoms with Gasteiger partial charge in [0.15, 0.2) is 0 Å². The molecule has 0 aromatic rings. The van der Waals surface area contributed by atoms with Gasteiger partial charge in [-0.1, -0.05) is 20.8 Å². The van der Waals surface area contributed by atoms with E-state index in [-0.39, 0.29) is 0 Å². The maximum atomic E-state index is 3.70. The smallest absolute Gasteiger partial charge is 0.00978 e. The van der Waals surface area contributed by atoms with E-state index in [4.69, 9.17) is 0 Å². The van der Waals surface area contributed by atoms with Gasteiger partial charge < -0.3 is 10.2 Å². The molecule has 2 aliphatic rings. The van der Waals surface area contributed by atoms with Crippen LogP contribution in [0, 0.1) is 11.8 Å². The summed E-state index contributed by atoms with van der Waals surface area (Å²) < 4.78 is 0. The Hall–Kier alpha value is -0.0800. The van der Waals surface area contributed by atoms with E-state index in [0.29, 0.717) is 0 Å². The van der Waals surface area contributed by atoms with Gasteiger partial charge in [-0.15, -0.1) is 0 Å². The average molecular weight is 281 g/mol. The fourth-order valence-electron chi connectivity index (χ4n) is 4.22. The average Bonchev–Trinajstić information content (AvgIpc) is 2.48. The highest BCUT2D eigenvalue weighted by Gasteiger charge is 2.32. The van der Waals surface area contributed by atoms with Crippen molar-refractivity contribution in [1.82, 2.24) is 10.2 Å². The molecule has 2 aliphatic carbocycles. The summed E-state index contributed by atoms with van der Waals surface area (Å²) in [6, 6.07) is 2.50. The second kappa shape index (κ2) is 7.79. The third-order valence-corrected chi connectivity index (χ3v) is 6.10. The van der Waals surface area contributed by atoms with Gasteiger partial charge in [-0.05, 0) is 76.8 Å². The Balaban J connectivity index is 1.75. The number of nitrogens with one attached hydrogen (secondary N) is 1. The molecule has 2 rings (SSSR count). The maximum Gasteiger partial charge on any atom is 0.00978 e. The lowest BCUT2D eigenvalue weighted by Crippen LogP contribution is -2.47. The van der Waals surface area contributed by atoms with Crippen LogP contribution in [0.1, 0.15) is 72.1 Å². The van der Waals surface area contributed by atoms with E-state index >= 15 is 0 Å². The third-order valence-electron chi connectivity index (χ3n) is 6.10. The van der Waals surface area contributed by atoms with Gasteiger partial charge in [0.2, 0.25) is 0 Å². The molecule has 1 N–H and O–H groups in total. The normalized spacial score (nSPS) is 39.1. The highest BCUT2D eigenvalue weighted by Crippen LogP contribution is 2.34. The van der Waals surface area contributed by atoms with Gasteiger partial charge in [0.1, 0.15) is 0 Å². The van der Waals surface area contributed by atoms with E-state index in [9.17, 15) is 0 Å². The molecular formula is C18H36N2. The summed E-state index contributed by atoms with van der Waals surface area (Å²) >= 11 is 0. The Morgan fingerprint density at radius 1 is 0.900 bits per heavy atom. The van der Waals surface area contributed by atoms with E-state index in [1.54, 1.807) is 0 Å². The molecule has 2 nitrogen and oxygen atoms in total. The number of hydrogen-bond donors (Lipinski definition) is 1. The summed E-state index contributed by atoms with van der Waals surface area (Å²) in [6.07, 6.45) is 11.1. The van der Waals surface area contributed by atoms with E-state index in [1.165, 1.54) is 57.9 Å². The fraction of sp³-hybridized carbons (Fsp3) is 1.00. The molecule has 0 amide bonds. The first-order valence-electron chi connectivity index (χ1n) is 9.07. The lowest BCUT2D eigenvalue weighted by Gasteiger charge is -2.43. The predicted octanol–water partition coefficient (Wildman–Crippen LogP) is 4.05. The van der Waals surface area contributed by atoms with Crippen molar-refractivity contribution in [3.8, 4) is 0 Å². The molecule has 3 atom stereocenters. The molecule has 0 spiro atoms. The van der Waals surface area contributed by atoms with Gasteiger partial charge in [0, 0.05) is 18.1 Å². The summed E-state index contributed by atoms with van der Waals surface area (Å²) in [5.41, 5.74) is 0. The summed E-state index contributed by atoms with van der Waals surface area (Å²) in [5.74, 6) is 1.85. The molecule has 20 heavy (non-hydrogen) atoms. The molecule has 0 aromatic carbocycles. The minimum atomic E-state index is 0.796. The molecule has 0 saturated heterocycles. The molecule has 118 valence electrons. The Morgan fingerprint density at radius 2 is 1.55 bits per heavy atom. The zero-order valence-electron chi connectivity index (χ0n) is 14.2. The molecule has 2 heteroatoms. The second-order valence-electron chi connectivity index (χ2n) is 7.55. The maximum absolute atomic E-state index is 3.70. The quantitative estimate of drug-likeness (QED) is 0.817. The Kier molecular flexibility index (Phi) is 6.35. The second-order valence-corrected chi connectivity index (χ2v) is 7.55. The van der Waals surface area contributed by atoms with Crippen LogP contribution < -0.4 is 5.32 Å². The molecule has 2 fully saturated rings.